The van der Waals surface area contributed by atoms with E-state index < -0.39 is 0 Å². The Hall–Kier alpha value is -0.900. The summed E-state index contributed by atoms with van der Waals surface area (Å²) < 4.78 is 1.84. The highest BCUT2D eigenvalue weighted by Crippen LogP contribution is 2.06. The van der Waals surface area contributed by atoms with Crippen LogP contribution in [-0.2, 0) is 19.9 Å². The molecule has 68 valence electrons. The molecule has 0 amide bonds. The topological polar surface area (TPSA) is 56.7 Å². The Morgan fingerprint density at radius 2 is 2.17 bits per heavy atom. The lowest BCUT2D eigenvalue weighted by atomic mass is 10.2. The predicted molar refractivity (Wildman–Crippen MR) is 47.8 cm³/mol. The number of aromatic nitrogens is 3. The molecule has 0 aromatic carbocycles. The van der Waals surface area contributed by atoms with E-state index in [-0.39, 0.29) is 0 Å². The quantitative estimate of drug-likeness (QED) is 0.702. The van der Waals surface area contributed by atoms with E-state index in [0.29, 0.717) is 6.54 Å². The lowest BCUT2D eigenvalue weighted by Gasteiger charge is -2.00. The van der Waals surface area contributed by atoms with Crippen molar-refractivity contribution in [3.8, 4) is 0 Å². The van der Waals surface area contributed by atoms with E-state index in [4.69, 9.17) is 5.73 Å². The maximum Gasteiger partial charge on any atom is 0.0871 e. The molecular weight excluding hydrogens is 152 g/mol. The zero-order valence-electron chi connectivity index (χ0n) is 7.75. The second kappa shape index (κ2) is 4.21. The first-order valence-electron chi connectivity index (χ1n) is 4.37. The maximum absolute atomic E-state index is 5.46. The minimum Gasteiger partial charge on any atom is -0.330 e. The Balaban J connectivity index is 2.80. The molecule has 0 aliphatic rings. The fraction of sp³-hybridized carbons (Fsp3) is 0.750. The average molecular weight is 168 g/mol. The molecule has 0 bridgehead atoms. The molecule has 0 unspecified atom stereocenters. The van der Waals surface area contributed by atoms with Crippen molar-refractivity contribution in [2.45, 2.75) is 26.2 Å². The molecule has 0 radical (unpaired) electrons. The third-order valence-electron chi connectivity index (χ3n) is 1.89. The second-order valence-corrected chi connectivity index (χ2v) is 2.90. The average Bonchev–Trinajstić information content (AvgIpc) is 2.37. The van der Waals surface area contributed by atoms with Crippen molar-refractivity contribution in [3.05, 3.63) is 11.4 Å². The van der Waals surface area contributed by atoms with Gasteiger partial charge in [-0.2, -0.15) is 0 Å². The van der Waals surface area contributed by atoms with E-state index in [9.17, 15) is 0 Å². The number of hydrogen-bond acceptors (Lipinski definition) is 3. The highest BCUT2D eigenvalue weighted by molar-refractivity contribution is 5.10. The first-order chi connectivity index (χ1) is 5.79. The van der Waals surface area contributed by atoms with Crippen LogP contribution in [0.15, 0.2) is 0 Å². The van der Waals surface area contributed by atoms with Crippen molar-refractivity contribution in [3.63, 3.8) is 0 Å². The standard InChI is InChI=1S/C8H16N4/c1-3-4-8-7(5-6-9)10-11-12(8)2/h3-6,9H2,1-2H3. The maximum atomic E-state index is 5.46. The molecule has 1 rings (SSSR count). The number of nitrogens with two attached hydrogens (primary N) is 1. The van der Waals surface area contributed by atoms with Crippen molar-refractivity contribution in [1.29, 1.82) is 0 Å². The molecule has 4 nitrogen and oxygen atoms in total. The first-order valence-corrected chi connectivity index (χ1v) is 4.37. The van der Waals surface area contributed by atoms with E-state index >= 15 is 0 Å². The van der Waals surface area contributed by atoms with Gasteiger partial charge in [-0.1, -0.05) is 18.6 Å². The smallest absolute Gasteiger partial charge is 0.0871 e. The Labute approximate surface area is 72.8 Å². The van der Waals surface area contributed by atoms with Crippen molar-refractivity contribution in [2.24, 2.45) is 12.8 Å². The van der Waals surface area contributed by atoms with E-state index in [1.165, 1.54) is 5.69 Å². The predicted octanol–water partition coefficient (Wildman–Crippen LogP) is 0.269. The van der Waals surface area contributed by atoms with Crippen LogP contribution in [0, 0.1) is 0 Å². The Kier molecular flexibility index (Phi) is 3.22. The highest BCUT2D eigenvalue weighted by atomic mass is 15.4. The molecule has 4 heteroatoms. The fourth-order valence-corrected chi connectivity index (χ4v) is 1.29. The molecule has 0 saturated carbocycles. The van der Waals surface area contributed by atoms with Gasteiger partial charge in [0.05, 0.1) is 11.4 Å². The summed E-state index contributed by atoms with van der Waals surface area (Å²) in [6, 6.07) is 0. The molecule has 2 N–H and O–H groups in total. The van der Waals surface area contributed by atoms with E-state index in [0.717, 1.165) is 25.0 Å². The van der Waals surface area contributed by atoms with Crippen LogP contribution in [0.5, 0.6) is 0 Å². The zero-order valence-corrected chi connectivity index (χ0v) is 7.75. The lowest BCUT2D eigenvalue weighted by Crippen LogP contribution is -2.06. The van der Waals surface area contributed by atoms with Gasteiger partial charge in [-0.25, -0.2) is 0 Å². The van der Waals surface area contributed by atoms with Crippen LogP contribution in [0.2, 0.25) is 0 Å². The van der Waals surface area contributed by atoms with Crippen molar-refractivity contribution >= 4 is 0 Å². The van der Waals surface area contributed by atoms with E-state index in [1.807, 2.05) is 11.7 Å². The van der Waals surface area contributed by atoms with E-state index in [1.54, 1.807) is 0 Å². The SMILES string of the molecule is CCCc1c(CCN)nnn1C. The summed E-state index contributed by atoms with van der Waals surface area (Å²) in [5.74, 6) is 0. The van der Waals surface area contributed by atoms with Gasteiger partial charge in [-0.15, -0.1) is 5.10 Å². The van der Waals surface area contributed by atoms with Crippen LogP contribution in [0.3, 0.4) is 0 Å². The summed E-state index contributed by atoms with van der Waals surface area (Å²) in [5, 5.41) is 8.02. The largest absolute Gasteiger partial charge is 0.330 e. The molecule has 1 aromatic rings. The fourth-order valence-electron chi connectivity index (χ4n) is 1.29. The van der Waals surface area contributed by atoms with Gasteiger partial charge < -0.3 is 5.73 Å². The van der Waals surface area contributed by atoms with Crippen LogP contribution in [0.25, 0.3) is 0 Å². The summed E-state index contributed by atoms with van der Waals surface area (Å²) in [4.78, 5) is 0. The second-order valence-electron chi connectivity index (χ2n) is 2.90. The van der Waals surface area contributed by atoms with Crippen molar-refractivity contribution in [1.82, 2.24) is 15.0 Å². The van der Waals surface area contributed by atoms with E-state index in [2.05, 4.69) is 17.2 Å². The number of hydrogen-bond donors (Lipinski definition) is 1. The van der Waals surface area contributed by atoms with Crippen LogP contribution in [-0.4, -0.2) is 21.5 Å². The lowest BCUT2D eigenvalue weighted by molar-refractivity contribution is 0.669. The molecule has 0 aliphatic heterocycles. The number of rotatable bonds is 4. The monoisotopic (exact) mass is 168 g/mol. The highest BCUT2D eigenvalue weighted by Gasteiger charge is 2.07. The van der Waals surface area contributed by atoms with Crippen LogP contribution < -0.4 is 5.73 Å². The number of nitrogens with zero attached hydrogens (tertiary/aromatic N) is 3. The summed E-state index contributed by atoms with van der Waals surface area (Å²) in [6.07, 6.45) is 3.00. The third kappa shape index (κ3) is 1.82. The molecule has 1 aromatic heterocycles. The van der Waals surface area contributed by atoms with Gasteiger partial charge >= 0.3 is 0 Å². The third-order valence-corrected chi connectivity index (χ3v) is 1.89. The summed E-state index contributed by atoms with van der Waals surface area (Å²) in [5.41, 5.74) is 7.74. The molecular formula is C8H16N4. The van der Waals surface area contributed by atoms with Gasteiger partial charge in [0, 0.05) is 13.5 Å². The molecule has 12 heavy (non-hydrogen) atoms. The molecule has 0 spiro atoms. The van der Waals surface area contributed by atoms with Gasteiger partial charge in [-0.05, 0) is 13.0 Å². The van der Waals surface area contributed by atoms with Crippen LogP contribution >= 0.6 is 0 Å². The number of aryl methyl sites for hydroxylation is 1. The normalized spacial score (nSPS) is 10.6. The Morgan fingerprint density at radius 3 is 2.75 bits per heavy atom. The molecule has 0 fully saturated rings. The van der Waals surface area contributed by atoms with Gasteiger partial charge in [0.15, 0.2) is 0 Å². The van der Waals surface area contributed by atoms with Gasteiger partial charge in [0.25, 0.3) is 0 Å². The Bertz CT molecular complexity index is 241. The summed E-state index contributed by atoms with van der Waals surface area (Å²) in [6.45, 7) is 2.80. The van der Waals surface area contributed by atoms with Crippen LogP contribution in [0.4, 0.5) is 0 Å². The zero-order chi connectivity index (χ0) is 8.97. The van der Waals surface area contributed by atoms with Gasteiger partial charge in [-0.3, -0.25) is 4.68 Å². The van der Waals surface area contributed by atoms with Crippen molar-refractivity contribution in [2.75, 3.05) is 6.54 Å². The van der Waals surface area contributed by atoms with Crippen molar-refractivity contribution < 1.29 is 0 Å². The van der Waals surface area contributed by atoms with Gasteiger partial charge in [0.1, 0.15) is 0 Å². The molecule has 1 heterocycles. The first kappa shape index (κ1) is 9.19. The minimum atomic E-state index is 0.648. The molecule has 0 aliphatic carbocycles. The summed E-state index contributed by atoms with van der Waals surface area (Å²) in [7, 11) is 1.93. The van der Waals surface area contributed by atoms with Crippen LogP contribution in [0.1, 0.15) is 24.7 Å². The molecule has 0 saturated heterocycles. The summed E-state index contributed by atoms with van der Waals surface area (Å²) >= 11 is 0. The molecule has 0 atom stereocenters. The van der Waals surface area contributed by atoms with Gasteiger partial charge in [0.2, 0.25) is 0 Å². The minimum absolute atomic E-state index is 0.648. The Morgan fingerprint density at radius 1 is 1.42 bits per heavy atom.